The Kier molecular flexibility index (Phi) is 21.3. The lowest BCUT2D eigenvalue weighted by Gasteiger charge is -2.14. The highest BCUT2D eigenvalue weighted by Gasteiger charge is 2.08. The molecule has 2 aromatic carbocycles. The Morgan fingerprint density at radius 3 is 1.36 bits per heavy atom. The highest BCUT2D eigenvalue weighted by Crippen LogP contribution is 2.26. The maximum Gasteiger partial charge on any atom is 0.394 e. The van der Waals surface area contributed by atoms with Crippen LogP contribution in [0.2, 0.25) is 0 Å². The fourth-order valence-corrected chi connectivity index (χ4v) is 5.50. The van der Waals surface area contributed by atoms with Crippen LogP contribution in [0.1, 0.15) is 153 Å². The Balaban J connectivity index is 0.00000139. The van der Waals surface area contributed by atoms with E-state index >= 15 is 0 Å². The third-order valence-corrected chi connectivity index (χ3v) is 7.72. The van der Waals surface area contributed by atoms with Crippen LogP contribution in [-0.2, 0) is 23.2 Å². The molecule has 0 amide bonds. The van der Waals surface area contributed by atoms with Crippen LogP contribution < -0.4 is 0 Å². The summed E-state index contributed by atoms with van der Waals surface area (Å²) in [6.07, 6.45) is 30.9. The van der Waals surface area contributed by atoms with Gasteiger partial charge in [0.25, 0.3) is 0 Å². The zero-order valence-corrected chi connectivity index (χ0v) is 26.0. The van der Waals surface area contributed by atoms with Crippen molar-refractivity contribution in [3.8, 4) is 0 Å². The molecule has 0 saturated heterocycles. The van der Waals surface area contributed by atoms with Crippen LogP contribution in [0.5, 0.6) is 0 Å². The van der Waals surface area contributed by atoms with Crippen molar-refractivity contribution in [1.29, 1.82) is 0 Å². The molecule has 0 spiro atoms. The average molecular weight is 563 g/mol. The minimum Gasteiger partial charge on any atom is -0.264 e. The zero-order chi connectivity index (χ0) is 28.6. The van der Waals surface area contributed by atoms with Crippen LogP contribution in [0.3, 0.4) is 0 Å². The van der Waals surface area contributed by atoms with Crippen molar-refractivity contribution < 1.29 is 17.5 Å². The third kappa shape index (κ3) is 20.2. The predicted octanol–water partition coefficient (Wildman–Crippen LogP) is 11.1. The predicted molar refractivity (Wildman–Crippen MR) is 169 cm³/mol. The molecule has 0 fully saturated rings. The maximum atomic E-state index is 8.74. The van der Waals surface area contributed by atoms with Gasteiger partial charge in [-0.25, -0.2) is 0 Å². The van der Waals surface area contributed by atoms with Crippen LogP contribution in [0, 0.1) is 0 Å². The summed E-state index contributed by atoms with van der Waals surface area (Å²) in [6, 6.07) is 13.9. The molecule has 0 unspecified atom stereocenters. The summed E-state index contributed by atoms with van der Waals surface area (Å²) in [5, 5.41) is 2.94. The minimum atomic E-state index is -4.67. The second kappa shape index (κ2) is 23.3. The SMILES string of the molecule is CCCCCCCCCCCCc1ccc2ccccc2c1CCCCCCCCCCCC.O=S(=O)(O)O. The number of benzene rings is 2. The van der Waals surface area contributed by atoms with E-state index in [9.17, 15) is 0 Å². The van der Waals surface area contributed by atoms with E-state index in [4.69, 9.17) is 17.5 Å². The second-order valence-electron chi connectivity index (χ2n) is 11.2. The molecule has 0 saturated carbocycles. The summed E-state index contributed by atoms with van der Waals surface area (Å²) in [5.41, 5.74) is 3.29. The van der Waals surface area contributed by atoms with Crippen molar-refractivity contribution >= 4 is 21.2 Å². The molecule has 0 bridgehead atoms. The summed E-state index contributed by atoms with van der Waals surface area (Å²) >= 11 is 0. The fourth-order valence-electron chi connectivity index (χ4n) is 5.50. The molecule has 0 aliphatic carbocycles. The number of rotatable bonds is 22. The Morgan fingerprint density at radius 1 is 0.513 bits per heavy atom. The standard InChI is InChI=1S/C34H56.H2O4S/c1-3-5-7-9-11-13-15-17-19-21-25-31-29-30-32-26-23-24-28-34(32)33(31)27-22-20-18-16-14-12-10-8-6-4-2;1-5(2,3)4/h23-24,26,28-30H,3-22,25,27H2,1-2H3;(H2,1,2,3,4). The lowest BCUT2D eigenvalue weighted by molar-refractivity contribution is 0.381. The zero-order valence-electron chi connectivity index (χ0n) is 25.1. The summed E-state index contributed by atoms with van der Waals surface area (Å²) in [6.45, 7) is 4.61. The van der Waals surface area contributed by atoms with E-state index in [1.807, 2.05) is 0 Å². The third-order valence-electron chi connectivity index (χ3n) is 7.72. The van der Waals surface area contributed by atoms with E-state index in [1.54, 1.807) is 11.1 Å². The first kappa shape index (κ1) is 35.6. The van der Waals surface area contributed by atoms with Crippen molar-refractivity contribution in [2.45, 2.75) is 155 Å². The van der Waals surface area contributed by atoms with Gasteiger partial charge in [-0.2, -0.15) is 8.42 Å². The largest absolute Gasteiger partial charge is 0.394 e. The monoisotopic (exact) mass is 562 g/mol. The van der Waals surface area contributed by atoms with Crippen LogP contribution in [0.4, 0.5) is 0 Å². The van der Waals surface area contributed by atoms with Gasteiger partial charge in [-0.1, -0.05) is 166 Å². The van der Waals surface area contributed by atoms with Gasteiger partial charge < -0.3 is 0 Å². The molecular formula is C34H58O4S. The lowest BCUT2D eigenvalue weighted by Crippen LogP contribution is -1.97. The Morgan fingerprint density at radius 2 is 0.897 bits per heavy atom. The molecular weight excluding hydrogens is 504 g/mol. The number of fused-ring (bicyclic) bond motifs is 1. The molecule has 0 atom stereocenters. The van der Waals surface area contributed by atoms with E-state index in [0.717, 1.165) is 0 Å². The maximum absolute atomic E-state index is 8.74. The summed E-state index contributed by atoms with van der Waals surface area (Å²) in [7, 11) is -4.67. The number of hydrogen-bond donors (Lipinski definition) is 2. The molecule has 5 heteroatoms. The lowest BCUT2D eigenvalue weighted by atomic mass is 9.91. The van der Waals surface area contributed by atoms with Crippen molar-refractivity contribution in [2.75, 3.05) is 0 Å². The molecule has 0 aliphatic heterocycles. The van der Waals surface area contributed by atoms with Gasteiger partial charge in [0.05, 0.1) is 0 Å². The van der Waals surface area contributed by atoms with E-state index in [1.165, 1.54) is 152 Å². The van der Waals surface area contributed by atoms with Gasteiger partial charge in [0.1, 0.15) is 0 Å². The van der Waals surface area contributed by atoms with Crippen LogP contribution >= 0.6 is 0 Å². The van der Waals surface area contributed by atoms with E-state index in [2.05, 4.69) is 50.2 Å². The topological polar surface area (TPSA) is 74.6 Å². The first-order chi connectivity index (χ1) is 18.9. The van der Waals surface area contributed by atoms with Crippen molar-refractivity contribution in [1.82, 2.24) is 0 Å². The fraction of sp³-hybridized carbons (Fsp3) is 0.706. The van der Waals surface area contributed by atoms with Crippen LogP contribution in [-0.4, -0.2) is 17.5 Å². The molecule has 2 N–H and O–H groups in total. The minimum absolute atomic E-state index is 1.27. The van der Waals surface area contributed by atoms with E-state index in [0.29, 0.717) is 0 Å². The van der Waals surface area contributed by atoms with Gasteiger partial charge in [0, 0.05) is 0 Å². The summed E-state index contributed by atoms with van der Waals surface area (Å²) < 4.78 is 31.6. The smallest absolute Gasteiger partial charge is 0.264 e. The van der Waals surface area contributed by atoms with Crippen molar-refractivity contribution in [2.24, 2.45) is 0 Å². The molecule has 224 valence electrons. The molecule has 4 nitrogen and oxygen atoms in total. The molecule has 2 rings (SSSR count). The quantitative estimate of drug-likeness (QED) is 0.110. The van der Waals surface area contributed by atoms with Crippen molar-refractivity contribution in [3.05, 3.63) is 47.5 Å². The Labute approximate surface area is 241 Å². The van der Waals surface area contributed by atoms with Crippen molar-refractivity contribution in [3.63, 3.8) is 0 Å². The van der Waals surface area contributed by atoms with Crippen LogP contribution in [0.15, 0.2) is 36.4 Å². The molecule has 2 aromatic rings. The molecule has 0 aromatic heterocycles. The Bertz CT molecular complexity index is 947. The normalized spacial score (nSPS) is 11.5. The summed E-state index contributed by atoms with van der Waals surface area (Å²) in [5.74, 6) is 0. The second-order valence-corrected chi connectivity index (χ2v) is 12.1. The van der Waals surface area contributed by atoms with Gasteiger partial charge >= 0.3 is 10.4 Å². The Hall–Kier alpha value is -1.43. The van der Waals surface area contributed by atoms with Gasteiger partial charge in [-0.3, -0.25) is 9.11 Å². The van der Waals surface area contributed by atoms with E-state index in [-0.39, 0.29) is 0 Å². The molecule has 0 heterocycles. The van der Waals surface area contributed by atoms with Gasteiger partial charge in [-0.15, -0.1) is 0 Å². The number of aryl methyl sites for hydroxylation is 2. The van der Waals surface area contributed by atoms with Gasteiger partial charge in [0.15, 0.2) is 0 Å². The van der Waals surface area contributed by atoms with Gasteiger partial charge in [-0.05, 0) is 47.6 Å². The molecule has 0 radical (unpaired) electrons. The number of unbranched alkanes of at least 4 members (excludes halogenated alkanes) is 18. The molecule has 0 aliphatic rings. The molecule has 39 heavy (non-hydrogen) atoms. The summed E-state index contributed by atoms with van der Waals surface area (Å²) in [4.78, 5) is 0. The van der Waals surface area contributed by atoms with E-state index < -0.39 is 10.4 Å². The van der Waals surface area contributed by atoms with Gasteiger partial charge in [0.2, 0.25) is 0 Å². The van der Waals surface area contributed by atoms with Crippen LogP contribution in [0.25, 0.3) is 10.8 Å². The number of hydrogen-bond acceptors (Lipinski definition) is 2. The first-order valence-electron chi connectivity index (χ1n) is 16.1. The highest BCUT2D eigenvalue weighted by molar-refractivity contribution is 7.79. The first-order valence-corrected chi connectivity index (χ1v) is 17.5. The average Bonchev–Trinajstić information content (AvgIpc) is 2.90. The highest BCUT2D eigenvalue weighted by atomic mass is 32.3.